The van der Waals surface area contributed by atoms with Gasteiger partial charge in [-0.2, -0.15) is 13.2 Å². The van der Waals surface area contributed by atoms with Crippen LogP contribution in [0, 0.1) is 0 Å². The molecule has 1 aliphatic heterocycles. The minimum Gasteiger partial charge on any atom is -0.360 e. The maximum absolute atomic E-state index is 12.8. The largest absolute Gasteiger partial charge is 0.416 e. The maximum Gasteiger partial charge on any atom is 0.416 e. The van der Waals surface area contributed by atoms with E-state index in [2.05, 4.69) is 10.5 Å². The van der Waals surface area contributed by atoms with E-state index in [9.17, 15) is 18.0 Å². The van der Waals surface area contributed by atoms with Crippen molar-refractivity contribution in [3.05, 3.63) is 41.2 Å². The zero-order valence-electron chi connectivity index (χ0n) is 15.4. The van der Waals surface area contributed by atoms with Crippen LogP contribution in [-0.2, 0) is 23.9 Å². The van der Waals surface area contributed by atoms with Crippen molar-refractivity contribution < 1.29 is 22.5 Å². The van der Waals surface area contributed by atoms with Gasteiger partial charge in [0.1, 0.15) is 11.5 Å². The fourth-order valence-electron chi connectivity index (χ4n) is 3.18. The first-order valence-corrected chi connectivity index (χ1v) is 8.86. The number of benzene rings is 1. The van der Waals surface area contributed by atoms with E-state index < -0.39 is 11.7 Å². The Morgan fingerprint density at radius 2 is 1.89 bits per heavy atom. The monoisotopic (exact) mass is 381 g/mol. The van der Waals surface area contributed by atoms with Gasteiger partial charge in [-0.25, -0.2) is 0 Å². The minimum absolute atomic E-state index is 0.0543. The van der Waals surface area contributed by atoms with Crippen molar-refractivity contribution in [3.8, 4) is 11.3 Å². The number of alkyl halides is 3. The molecule has 2 aromatic rings. The molecular formula is C19H22F3N3O2. The summed E-state index contributed by atoms with van der Waals surface area (Å²) in [6.45, 7) is 6.76. The lowest BCUT2D eigenvalue weighted by atomic mass is 9.99. The molecule has 1 atom stereocenters. The summed E-state index contributed by atoms with van der Waals surface area (Å²) in [6, 6.07) is 4.60. The Hall–Kier alpha value is -2.35. The van der Waals surface area contributed by atoms with Crippen molar-refractivity contribution >= 4 is 5.91 Å². The summed E-state index contributed by atoms with van der Waals surface area (Å²) in [4.78, 5) is 14.3. The van der Waals surface area contributed by atoms with E-state index in [-0.39, 0.29) is 18.0 Å². The first kappa shape index (κ1) is 19.4. The number of fused-ring (bicyclic) bond motifs is 1. The molecule has 146 valence electrons. The molecule has 0 aliphatic carbocycles. The molecule has 1 unspecified atom stereocenters. The fourth-order valence-corrected chi connectivity index (χ4v) is 3.18. The molecular weight excluding hydrogens is 359 g/mol. The number of hydrogen-bond acceptors (Lipinski definition) is 4. The van der Waals surface area contributed by atoms with E-state index in [0.29, 0.717) is 30.8 Å². The van der Waals surface area contributed by atoms with Gasteiger partial charge in [-0.15, -0.1) is 0 Å². The summed E-state index contributed by atoms with van der Waals surface area (Å²) in [7, 11) is 0. The van der Waals surface area contributed by atoms with Crippen LogP contribution in [0.1, 0.15) is 37.7 Å². The fraction of sp³-hybridized carbons (Fsp3) is 0.474. The highest BCUT2D eigenvalue weighted by atomic mass is 19.4. The number of hydrogen-bond donors (Lipinski definition) is 1. The molecule has 0 saturated heterocycles. The summed E-state index contributed by atoms with van der Waals surface area (Å²) in [6.07, 6.45) is -3.78. The number of nitrogens with zero attached hydrogens (tertiary/aromatic N) is 2. The lowest BCUT2D eigenvalue weighted by Crippen LogP contribution is -2.48. The number of carbonyl (C=O) groups is 1. The minimum atomic E-state index is -4.38. The average Bonchev–Trinajstić information content (AvgIpc) is 3.03. The second kappa shape index (κ2) is 7.34. The van der Waals surface area contributed by atoms with Crippen molar-refractivity contribution in [2.75, 3.05) is 6.54 Å². The zero-order valence-corrected chi connectivity index (χ0v) is 15.4. The molecule has 0 saturated carbocycles. The highest BCUT2D eigenvalue weighted by Crippen LogP contribution is 2.34. The van der Waals surface area contributed by atoms with Crippen molar-refractivity contribution in [3.63, 3.8) is 0 Å². The molecule has 1 aliphatic rings. The number of aromatic nitrogens is 1. The third kappa shape index (κ3) is 4.16. The number of carbonyl (C=O) groups excluding carboxylic acids is 1. The Kier molecular flexibility index (Phi) is 5.28. The third-order valence-corrected chi connectivity index (χ3v) is 4.70. The van der Waals surface area contributed by atoms with Gasteiger partial charge in [-0.05, 0) is 32.9 Å². The summed E-state index contributed by atoms with van der Waals surface area (Å²) in [5.41, 5.74) is 1.21. The molecule has 0 radical (unpaired) electrons. The maximum atomic E-state index is 12.8. The van der Waals surface area contributed by atoms with Gasteiger partial charge in [0.25, 0.3) is 0 Å². The number of halogens is 3. The summed E-state index contributed by atoms with van der Waals surface area (Å²) < 4.78 is 43.7. The van der Waals surface area contributed by atoms with Gasteiger partial charge < -0.3 is 9.84 Å². The molecule has 8 heteroatoms. The van der Waals surface area contributed by atoms with E-state index in [0.717, 1.165) is 23.5 Å². The molecule has 5 nitrogen and oxygen atoms in total. The van der Waals surface area contributed by atoms with Crippen LogP contribution in [0.25, 0.3) is 11.3 Å². The van der Waals surface area contributed by atoms with Crippen LogP contribution in [0.2, 0.25) is 0 Å². The normalized spacial score (nSPS) is 16.3. The van der Waals surface area contributed by atoms with Crippen molar-refractivity contribution in [2.24, 2.45) is 0 Å². The highest BCUT2D eigenvalue weighted by Gasteiger charge is 2.32. The van der Waals surface area contributed by atoms with Gasteiger partial charge in [0.2, 0.25) is 5.91 Å². The average molecular weight is 381 g/mol. The van der Waals surface area contributed by atoms with E-state index in [1.165, 1.54) is 12.1 Å². The molecule has 1 N–H and O–H groups in total. The van der Waals surface area contributed by atoms with Crippen LogP contribution in [0.4, 0.5) is 13.2 Å². The van der Waals surface area contributed by atoms with Gasteiger partial charge in [-0.1, -0.05) is 17.3 Å². The van der Waals surface area contributed by atoms with Crippen LogP contribution >= 0.6 is 0 Å². The predicted molar refractivity (Wildman–Crippen MR) is 93.8 cm³/mol. The Labute approximate surface area is 155 Å². The first-order chi connectivity index (χ1) is 12.7. The van der Waals surface area contributed by atoms with Crippen molar-refractivity contribution in [2.45, 2.75) is 52.0 Å². The van der Waals surface area contributed by atoms with Crippen LogP contribution in [-0.4, -0.2) is 34.6 Å². The third-order valence-electron chi connectivity index (χ3n) is 4.70. The standard InChI is InChI=1S/C19H22F3N3O2/c1-11(2)23-18(26)12(3)25-9-8-16-15(10-25)17(24-27-16)13-4-6-14(7-5-13)19(20,21)22/h4-7,11-12H,8-10H2,1-3H3,(H,23,26). The van der Waals surface area contributed by atoms with Crippen LogP contribution < -0.4 is 5.32 Å². The zero-order chi connectivity index (χ0) is 19.8. The van der Waals surface area contributed by atoms with Gasteiger partial charge in [0.15, 0.2) is 0 Å². The first-order valence-electron chi connectivity index (χ1n) is 8.86. The van der Waals surface area contributed by atoms with Gasteiger partial charge in [0.05, 0.1) is 11.6 Å². The topological polar surface area (TPSA) is 58.4 Å². The van der Waals surface area contributed by atoms with Crippen molar-refractivity contribution in [1.82, 2.24) is 15.4 Å². The second-order valence-corrected chi connectivity index (χ2v) is 7.07. The predicted octanol–water partition coefficient (Wildman–Crippen LogP) is 3.63. The highest BCUT2D eigenvalue weighted by molar-refractivity contribution is 5.81. The van der Waals surface area contributed by atoms with Crippen molar-refractivity contribution in [1.29, 1.82) is 0 Å². The van der Waals surface area contributed by atoms with E-state index in [1.807, 2.05) is 25.7 Å². The SMILES string of the molecule is CC(C)NC(=O)C(C)N1CCc2onc(-c3ccc(C(F)(F)F)cc3)c2C1. The lowest BCUT2D eigenvalue weighted by molar-refractivity contribution is -0.137. The molecule has 1 aromatic carbocycles. The number of amides is 1. The molecule has 0 spiro atoms. The van der Waals surface area contributed by atoms with Crippen LogP contribution in [0.3, 0.4) is 0 Å². The van der Waals surface area contributed by atoms with Crippen LogP contribution in [0.15, 0.2) is 28.8 Å². The molecule has 1 aromatic heterocycles. The molecule has 27 heavy (non-hydrogen) atoms. The number of nitrogens with one attached hydrogen (secondary N) is 1. The van der Waals surface area contributed by atoms with Gasteiger partial charge in [0, 0.05) is 36.7 Å². The summed E-state index contributed by atoms with van der Waals surface area (Å²) >= 11 is 0. The Morgan fingerprint density at radius 3 is 2.48 bits per heavy atom. The van der Waals surface area contributed by atoms with E-state index in [1.54, 1.807) is 0 Å². The Morgan fingerprint density at radius 1 is 1.22 bits per heavy atom. The van der Waals surface area contributed by atoms with Gasteiger partial charge in [-0.3, -0.25) is 9.69 Å². The molecule has 2 heterocycles. The Bertz CT molecular complexity index is 813. The van der Waals surface area contributed by atoms with E-state index >= 15 is 0 Å². The lowest BCUT2D eigenvalue weighted by Gasteiger charge is -2.31. The number of rotatable bonds is 4. The second-order valence-electron chi connectivity index (χ2n) is 7.07. The van der Waals surface area contributed by atoms with E-state index in [4.69, 9.17) is 4.52 Å². The molecule has 1 amide bonds. The Balaban J connectivity index is 1.81. The molecule has 0 fully saturated rings. The molecule has 3 rings (SSSR count). The smallest absolute Gasteiger partial charge is 0.360 e. The summed E-state index contributed by atoms with van der Waals surface area (Å²) in [5, 5.41) is 6.96. The van der Waals surface area contributed by atoms with Gasteiger partial charge >= 0.3 is 6.18 Å². The quantitative estimate of drug-likeness (QED) is 0.879. The summed E-state index contributed by atoms with van der Waals surface area (Å²) in [5.74, 6) is 0.665. The molecule has 0 bridgehead atoms. The van der Waals surface area contributed by atoms with Crippen LogP contribution in [0.5, 0.6) is 0 Å².